The predicted octanol–water partition coefficient (Wildman–Crippen LogP) is 3.20. The number of fused-ring (bicyclic) bond motifs is 1. The monoisotopic (exact) mass is 306 g/mol. The van der Waals surface area contributed by atoms with E-state index in [0.29, 0.717) is 17.7 Å². The third kappa shape index (κ3) is 4.15. The van der Waals surface area contributed by atoms with Crippen molar-refractivity contribution in [1.29, 1.82) is 0 Å². The molecule has 2 rings (SSSR count). The third-order valence-electron chi connectivity index (χ3n) is 3.20. The number of hydrogen-bond acceptors (Lipinski definition) is 4. The van der Waals surface area contributed by atoms with Crippen LogP contribution in [0.25, 0.3) is 11.0 Å². The zero-order chi connectivity index (χ0) is 15.5. The molecule has 0 unspecified atom stereocenters. The lowest BCUT2D eigenvalue weighted by atomic mass is 10.2. The summed E-state index contributed by atoms with van der Waals surface area (Å²) in [6.07, 6.45) is 0. The maximum absolute atomic E-state index is 11.7. The van der Waals surface area contributed by atoms with E-state index in [1.807, 2.05) is 12.1 Å². The number of esters is 1. The molecule has 21 heavy (non-hydrogen) atoms. The van der Waals surface area contributed by atoms with E-state index in [1.165, 1.54) is 7.11 Å². The zero-order valence-corrected chi connectivity index (χ0v) is 14.0. The Kier molecular flexibility index (Phi) is 4.79. The van der Waals surface area contributed by atoms with Crippen LogP contribution in [0.15, 0.2) is 18.2 Å². The van der Waals surface area contributed by atoms with Crippen LogP contribution in [-0.2, 0) is 16.1 Å². The molecule has 0 saturated heterocycles. The first-order chi connectivity index (χ1) is 9.90. The van der Waals surface area contributed by atoms with E-state index in [1.54, 1.807) is 6.07 Å². The van der Waals surface area contributed by atoms with Crippen molar-refractivity contribution in [3.05, 3.63) is 29.6 Å². The molecule has 0 radical (unpaired) electrons. The molecule has 0 aliphatic rings. The molecule has 114 valence electrons. The van der Waals surface area contributed by atoms with Gasteiger partial charge in [-0.15, -0.1) is 0 Å². The molecule has 0 fully saturated rings. The van der Waals surface area contributed by atoms with Gasteiger partial charge in [-0.2, -0.15) is 0 Å². The molecule has 0 aliphatic heterocycles. The summed E-state index contributed by atoms with van der Waals surface area (Å²) in [7, 11) is 0.296. The number of aromatic nitrogens is 2. The van der Waals surface area contributed by atoms with Crippen molar-refractivity contribution >= 4 is 25.1 Å². The third-order valence-corrected chi connectivity index (χ3v) is 4.91. The molecule has 6 heteroatoms. The highest BCUT2D eigenvalue weighted by Gasteiger charge is 2.15. The van der Waals surface area contributed by atoms with E-state index in [2.05, 4.69) is 29.6 Å². The number of imidazole rings is 1. The molecule has 0 spiro atoms. The van der Waals surface area contributed by atoms with Crippen LogP contribution in [0.3, 0.4) is 0 Å². The SMILES string of the molecule is COC(=O)c1cccc2[nH]c(COCC[Si](C)(C)C)nc12. The Balaban J connectivity index is 2.07. The molecule has 1 heterocycles. The summed E-state index contributed by atoms with van der Waals surface area (Å²) in [6, 6.07) is 6.54. The molecule has 0 atom stereocenters. The fourth-order valence-corrected chi connectivity index (χ4v) is 2.73. The summed E-state index contributed by atoms with van der Waals surface area (Å²) in [5, 5.41) is 0. The van der Waals surface area contributed by atoms with Crippen molar-refractivity contribution in [2.45, 2.75) is 32.3 Å². The molecule has 0 bridgehead atoms. The number of hydrogen-bond donors (Lipinski definition) is 1. The number of carbonyl (C=O) groups is 1. The van der Waals surface area contributed by atoms with Gasteiger partial charge in [0.15, 0.2) is 0 Å². The van der Waals surface area contributed by atoms with Gasteiger partial charge in [0.1, 0.15) is 17.9 Å². The van der Waals surface area contributed by atoms with Crippen molar-refractivity contribution in [3.63, 3.8) is 0 Å². The molecule has 5 nitrogen and oxygen atoms in total. The van der Waals surface area contributed by atoms with E-state index < -0.39 is 8.07 Å². The van der Waals surface area contributed by atoms with Crippen LogP contribution in [-0.4, -0.2) is 37.7 Å². The van der Waals surface area contributed by atoms with Crippen LogP contribution in [0.1, 0.15) is 16.2 Å². The maximum atomic E-state index is 11.7. The number of methoxy groups -OCH3 is 1. The molecule has 0 saturated carbocycles. The number of benzene rings is 1. The van der Waals surface area contributed by atoms with Gasteiger partial charge in [0.05, 0.1) is 18.2 Å². The van der Waals surface area contributed by atoms with Gasteiger partial charge >= 0.3 is 5.97 Å². The topological polar surface area (TPSA) is 64.2 Å². The number of H-pyrrole nitrogens is 1. The van der Waals surface area contributed by atoms with Gasteiger partial charge < -0.3 is 14.5 Å². The second-order valence-corrected chi connectivity index (χ2v) is 11.9. The number of carbonyl (C=O) groups excluding carboxylic acids is 1. The molecule has 1 aromatic carbocycles. The Morgan fingerprint density at radius 3 is 2.76 bits per heavy atom. The minimum atomic E-state index is -1.07. The van der Waals surface area contributed by atoms with Gasteiger partial charge in [0, 0.05) is 14.7 Å². The van der Waals surface area contributed by atoms with Gasteiger partial charge in [0.25, 0.3) is 0 Å². The highest BCUT2D eigenvalue weighted by Crippen LogP contribution is 2.18. The fourth-order valence-electron chi connectivity index (χ4n) is 1.97. The molecule has 0 amide bonds. The highest BCUT2D eigenvalue weighted by molar-refractivity contribution is 6.76. The minimum Gasteiger partial charge on any atom is -0.465 e. The maximum Gasteiger partial charge on any atom is 0.340 e. The predicted molar refractivity (Wildman–Crippen MR) is 85.2 cm³/mol. The van der Waals surface area contributed by atoms with E-state index in [4.69, 9.17) is 9.47 Å². The standard InChI is InChI=1S/C15H22N2O3Si/c1-19-15(18)11-6-5-7-12-14(11)17-13(16-12)10-20-8-9-21(2,3)4/h5-7H,8-10H2,1-4H3,(H,16,17). The first-order valence-electron chi connectivity index (χ1n) is 7.04. The van der Waals surface area contributed by atoms with Crippen LogP contribution in [0, 0.1) is 0 Å². The van der Waals surface area contributed by atoms with Gasteiger partial charge in [-0.1, -0.05) is 25.7 Å². The summed E-state index contributed by atoms with van der Waals surface area (Å²) in [5.74, 6) is 0.357. The summed E-state index contributed by atoms with van der Waals surface area (Å²) >= 11 is 0. The van der Waals surface area contributed by atoms with Crippen molar-refractivity contribution in [2.75, 3.05) is 13.7 Å². The van der Waals surface area contributed by atoms with Crippen LogP contribution >= 0.6 is 0 Å². The molecule has 2 aromatic rings. The van der Waals surface area contributed by atoms with Crippen LogP contribution in [0.4, 0.5) is 0 Å². The lowest BCUT2D eigenvalue weighted by molar-refractivity contribution is 0.0602. The number of rotatable bonds is 6. The van der Waals surface area contributed by atoms with Gasteiger partial charge in [0.2, 0.25) is 0 Å². The smallest absolute Gasteiger partial charge is 0.340 e. The average molecular weight is 306 g/mol. The second-order valence-electron chi connectivity index (χ2n) is 6.24. The quantitative estimate of drug-likeness (QED) is 0.505. The van der Waals surface area contributed by atoms with Crippen LogP contribution in [0.2, 0.25) is 25.7 Å². The number of ether oxygens (including phenoxy) is 2. The Labute approximate surface area is 125 Å². The average Bonchev–Trinajstić information content (AvgIpc) is 2.84. The zero-order valence-electron chi connectivity index (χ0n) is 13.0. The van der Waals surface area contributed by atoms with Crippen molar-refractivity contribution < 1.29 is 14.3 Å². The van der Waals surface area contributed by atoms with Gasteiger partial charge in [-0.25, -0.2) is 9.78 Å². The molecular formula is C15H22N2O3Si. The van der Waals surface area contributed by atoms with Gasteiger partial charge in [-0.05, 0) is 18.2 Å². The normalized spacial score (nSPS) is 11.8. The number of aromatic amines is 1. The first kappa shape index (κ1) is 15.7. The summed E-state index contributed by atoms with van der Waals surface area (Å²) in [5.41, 5.74) is 1.93. The van der Waals surface area contributed by atoms with E-state index >= 15 is 0 Å². The lowest BCUT2D eigenvalue weighted by Gasteiger charge is -2.14. The Morgan fingerprint density at radius 2 is 2.10 bits per heavy atom. The number of para-hydroxylation sites is 1. The number of nitrogens with one attached hydrogen (secondary N) is 1. The van der Waals surface area contributed by atoms with Crippen molar-refractivity contribution in [3.8, 4) is 0 Å². The van der Waals surface area contributed by atoms with E-state index in [9.17, 15) is 4.79 Å². The minimum absolute atomic E-state index is 0.377. The second kappa shape index (κ2) is 6.40. The number of nitrogens with zero attached hydrogens (tertiary/aromatic N) is 1. The van der Waals surface area contributed by atoms with Crippen molar-refractivity contribution in [1.82, 2.24) is 9.97 Å². The summed E-state index contributed by atoms with van der Waals surface area (Å²) < 4.78 is 10.4. The molecule has 1 aromatic heterocycles. The summed E-state index contributed by atoms with van der Waals surface area (Å²) in [4.78, 5) is 19.3. The first-order valence-corrected chi connectivity index (χ1v) is 10.7. The highest BCUT2D eigenvalue weighted by atomic mass is 28.3. The van der Waals surface area contributed by atoms with E-state index in [0.717, 1.165) is 24.0 Å². The Morgan fingerprint density at radius 1 is 1.33 bits per heavy atom. The Bertz CT molecular complexity index is 631. The van der Waals surface area contributed by atoms with E-state index in [-0.39, 0.29) is 5.97 Å². The summed E-state index contributed by atoms with van der Waals surface area (Å²) in [6.45, 7) is 8.14. The van der Waals surface area contributed by atoms with Gasteiger partial charge in [-0.3, -0.25) is 0 Å². The fraction of sp³-hybridized carbons (Fsp3) is 0.467. The lowest BCUT2D eigenvalue weighted by Crippen LogP contribution is -2.21. The molecular weight excluding hydrogens is 284 g/mol. The van der Waals surface area contributed by atoms with Crippen molar-refractivity contribution in [2.24, 2.45) is 0 Å². The molecule has 1 N–H and O–H groups in total. The van der Waals surface area contributed by atoms with Crippen LogP contribution in [0.5, 0.6) is 0 Å². The molecule has 0 aliphatic carbocycles. The Hall–Kier alpha value is -1.66. The largest absolute Gasteiger partial charge is 0.465 e. The van der Waals surface area contributed by atoms with Crippen LogP contribution < -0.4 is 0 Å².